The van der Waals surface area contributed by atoms with E-state index in [0.717, 1.165) is 0 Å². The summed E-state index contributed by atoms with van der Waals surface area (Å²) in [5.41, 5.74) is 0.681. The summed E-state index contributed by atoms with van der Waals surface area (Å²) in [6.45, 7) is 0. The number of carbonyl (C=O) groups excluding carboxylic acids is 2. The molecule has 0 saturated heterocycles. The van der Waals surface area contributed by atoms with Crippen molar-refractivity contribution in [2.24, 2.45) is 0 Å². The van der Waals surface area contributed by atoms with Crippen molar-refractivity contribution in [3.63, 3.8) is 0 Å². The Morgan fingerprint density at radius 2 is 2.19 bits per heavy atom. The van der Waals surface area contributed by atoms with Crippen molar-refractivity contribution in [1.82, 2.24) is 0 Å². The zero-order chi connectivity index (χ0) is 12.1. The molecular formula is C11H8BrNO3. The number of nitrogens with zero attached hydrogens (tertiary/aromatic N) is 1. The number of halogens is 1. The van der Waals surface area contributed by atoms with Crippen molar-refractivity contribution in [3.05, 3.63) is 33.8 Å². The predicted octanol–water partition coefficient (Wildman–Crippen LogP) is 2.07. The van der Waals surface area contributed by atoms with Crippen LogP contribution in [0, 0.1) is 11.3 Å². The van der Waals surface area contributed by atoms with Gasteiger partial charge in [0, 0.05) is 10.0 Å². The minimum absolute atomic E-state index is 0.310. The first-order chi connectivity index (χ1) is 7.58. The van der Waals surface area contributed by atoms with E-state index in [1.807, 2.05) is 6.07 Å². The van der Waals surface area contributed by atoms with Crippen LogP contribution < -0.4 is 0 Å². The smallest absolute Gasteiger partial charge is 0.313 e. The van der Waals surface area contributed by atoms with Crippen LogP contribution in [0.4, 0.5) is 0 Å². The van der Waals surface area contributed by atoms with Crippen LogP contribution in [0.25, 0.3) is 0 Å². The first-order valence-electron chi connectivity index (χ1n) is 4.38. The number of carbonyl (C=O) groups is 2. The van der Waals surface area contributed by atoms with Crippen molar-refractivity contribution >= 4 is 27.7 Å². The zero-order valence-corrected chi connectivity index (χ0v) is 10.1. The standard InChI is InChI=1S/C11H8BrNO3/c1-16-11(15)5-10(14)8-4-7(6-13)2-3-9(8)12/h2-4H,5H2,1H3. The largest absolute Gasteiger partial charge is 0.469 e. The molecule has 0 saturated carbocycles. The molecule has 5 heteroatoms. The highest BCUT2D eigenvalue weighted by molar-refractivity contribution is 9.10. The molecule has 0 bridgehead atoms. The van der Waals surface area contributed by atoms with Crippen LogP contribution in [-0.4, -0.2) is 18.9 Å². The molecule has 0 unspecified atom stereocenters. The Morgan fingerprint density at radius 3 is 2.75 bits per heavy atom. The fourth-order valence-corrected chi connectivity index (χ4v) is 1.57. The molecule has 1 aromatic carbocycles. The van der Waals surface area contributed by atoms with Crippen LogP contribution in [0.15, 0.2) is 22.7 Å². The highest BCUT2D eigenvalue weighted by Gasteiger charge is 2.15. The summed E-state index contributed by atoms with van der Waals surface area (Å²) in [4.78, 5) is 22.6. The molecule has 0 fully saturated rings. The van der Waals surface area contributed by atoms with Crippen molar-refractivity contribution < 1.29 is 14.3 Å². The van der Waals surface area contributed by atoms with Crippen LogP contribution >= 0.6 is 15.9 Å². The van der Waals surface area contributed by atoms with E-state index in [1.54, 1.807) is 12.1 Å². The van der Waals surface area contributed by atoms with Gasteiger partial charge in [0.2, 0.25) is 0 Å². The van der Waals surface area contributed by atoms with Gasteiger partial charge in [-0.2, -0.15) is 5.26 Å². The van der Waals surface area contributed by atoms with Crippen LogP contribution in [0.3, 0.4) is 0 Å². The third-order valence-corrected chi connectivity index (χ3v) is 2.62. The van der Waals surface area contributed by atoms with Crippen molar-refractivity contribution in [1.29, 1.82) is 5.26 Å². The second kappa shape index (κ2) is 5.42. The maximum Gasteiger partial charge on any atom is 0.313 e. The molecule has 0 spiro atoms. The highest BCUT2D eigenvalue weighted by atomic mass is 79.9. The maximum absolute atomic E-state index is 11.7. The first kappa shape index (κ1) is 12.4. The molecule has 0 amide bonds. The van der Waals surface area contributed by atoms with Gasteiger partial charge in [0.05, 0.1) is 18.7 Å². The fourth-order valence-electron chi connectivity index (χ4n) is 1.11. The van der Waals surface area contributed by atoms with Crippen molar-refractivity contribution in [2.45, 2.75) is 6.42 Å². The Labute approximate surface area is 101 Å². The van der Waals surface area contributed by atoms with Crippen LogP contribution in [0.5, 0.6) is 0 Å². The van der Waals surface area contributed by atoms with Crippen molar-refractivity contribution in [2.75, 3.05) is 7.11 Å². The third-order valence-electron chi connectivity index (χ3n) is 1.93. The molecule has 0 aliphatic rings. The summed E-state index contributed by atoms with van der Waals surface area (Å²) in [6, 6.07) is 6.55. The Balaban J connectivity index is 2.99. The van der Waals surface area contributed by atoms with E-state index < -0.39 is 5.97 Å². The Morgan fingerprint density at radius 1 is 1.50 bits per heavy atom. The molecule has 4 nitrogen and oxygen atoms in total. The summed E-state index contributed by atoms with van der Waals surface area (Å²) in [7, 11) is 1.22. The maximum atomic E-state index is 11.7. The van der Waals surface area contributed by atoms with E-state index >= 15 is 0 Å². The number of esters is 1. The summed E-state index contributed by atoms with van der Waals surface area (Å²) >= 11 is 3.19. The third kappa shape index (κ3) is 2.91. The number of benzene rings is 1. The minimum Gasteiger partial charge on any atom is -0.469 e. The van der Waals surface area contributed by atoms with E-state index in [2.05, 4.69) is 20.7 Å². The molecular weight excluding hydrogens is 274 g/mol. The van der Waals surface area contributed by atoms with E-state index in [1.165, 1.54) is 13.2 Å². The van der Waals surface area contributed by atoms with Crippen molar-refractivity contribution in [3.8, 4) is 6.07 Å². The van der Waals surface area contributed by atoms with Gasteiger partial charge in [0.1, 0.15) is 6.42 Å². The van der Waals surface area contributed by atoms with Crippen LogP contribution in [0.1, 0.15) is 22.3 Å². The van der Waals surface area contributed by atoms with E-state index in [0.29, 0.717) is 15.6 Å². The average Bonchev–Trinajstić information content (AvgIpc) is 2.29. The second-order valence-corrected chi connectivity index (χ2v) is 3.84. The summed E-state index contributed by atoms with van der Waals surface area (Å²) in [5, 5.41) is 8.69. The number of methoxy groups -OCH3 is 1. The van der Waals surface area contributed by atoms with Gasteiger partial charge in [-0.1, -0.05) is 15.9 Å². The van der Waals surface area contributed by atoms with Gasteiger partial charge >= 0.3 is 5.97 Å². The normalized spacial score (nSPS) is 9.31. The van der Waals surface area contributed by atoms with E-state index in [9.17, 15) is 9.59 Å². The summed E-state index contributed by atoms with van der Waals surface area (Å²) < 4.78 is 4.95. The fraction of sp³-hybridized carbons (Fsp3) is 0.182. The summed E-state index contributed by atoms with van der Waals surface area (Å²) in [6.07, 6.45) is -0.329. The lowest BCUT2D eigenvalue weighted by atomic mass is 10.1. The minimum atomic E-state index is -0.598. The quantitative estimate of drug-likeness (QED) is 0.483. The lowest BCUT2D eigenvalue weighted by Crippen LogP contribution is -2.10. The molecule has 0 heterocycles. The number of ether oxygens (including phenoxy) is 1. The molecule has 0 aliphatic heterocycles. The lowest BCUT2D eigenvalue weighted by Gasteiger charge is -2.03. The van der Waals surface area contributed by atoms with Gasteiger partial charge in [0.25, 0.3) is 0 Å². The molecule has 0 N–H and O–H groups in total. The number of hydrogen-bond donors (Lipinski definition) is 0. The highest BCUT2D eigenvalue weighted by Crippen LogP contribution is 2.19. The molecule has 0 aliphatic carbocycles. The average molecular weight is 282 g/mol. The molecule has 0 atom stereocenters. The number of nitriles is 1. The SMILES string of the molecule is COC(=O)CC(=O)c1cc(C#N)ccc1Br. The van der Waals surface area contributed by atoms with Gasteiger partial charge < -0.3 is 4.74 Å². The van der Waals surface area contributed by atoms with Crippen LogP contribution in [-0.2, 0) is 9.53 Å². The van der Waals surface area contributed by atoms with E-state index in [4.69, 9.17) is 5.26 Å². The zero-order valence-electron chi connectivity index (χ0n) is 8.49. The Bertz CT molecular complexity index is 477. The van der Waals surface area contributed by atoms with Gasteiger partial charge in [-0.25, -0.2) is 0 Å². The molecule has 16 heavy (non-hydrogen) atoms. The van der Waals surface area contributed by atoms with Gasteiger partial charge in [-0.05, 0) is 18.2 Å². The van der Waals surface area contributed by atoms with Gasteiger partial charge in [0.15, 0.2) is 5.78 Å². The number of hydrogen-bond acceptors (Lipinski definition) is 4. The molecule has 82 valence electrons. The monoisotopic (exact) mass is 281 g/mol. The Hall–Kier alpha value is -1.67. The van der Waals surface area contributed by atoms with E-state index in [-0.39, 0.29) is 12.2 Å². The lowest BCUT2D eigenvalue weighted by molar-refractivity contribution is -0.139. The van der Waals surface area contributed by atoms with Gasteiger partial charge in [-0.15, -0.1) is 0 Å². The Kier molecular flexibility index (Phi) is 4.20. The van der Waals surface area contributed by atoms with Gasteiger partial charge in [-0.3, -0.25) is 9.59 Å². The number of rotatable bonds is 3. The molecule has 0 aromatic heterocycles. The molecule has 1 aromatic rings. The molecule has 0 radical (unpaired) electrons. The van der Waals surface area contributed by atoms with Crippen LogP contribution in [0.2, 0.25) is 0 Å². The molecule has 1 rings (SSSR count). The first-order valence-corrected chi connectivity index (χ1v) is 5.17. The predicted molar refractivity (Wildman–Crippen MR) is 59.8 cm³/mol. The number of Topliss-reactive ketones (excluding diaryl/α,β-unsaturated/α-hetero) is 1. The topological polar surface area (TPSA) is 67.2 Å². The summed E-state index contributed by atoms with van der Waals surface area (Å²) in [5.74, 6) is -0.977. The number of ketones is 1. The second-order valence-electron chi connectivity index (χ2n) is 2.98.